The van der Waals surface area contributed by atoms with Crippen LogP contribution < -0.4 is 5.14 Å². The predicted molar refractivity (Wildman–Crippen MR) is 91.7 cm³/mol. The lowest BCUT2D eigenvalue weighted by molar-refractivity contribution is -0.00259. The van der Waals surface area contributed by atoms with Crippen molar-refractivity contribution in [3.63, 3.8) is 0 Å². The summed E-state index contributed by atoms with van der Waals surface area (Å²) in [6.45, 7) is 0.323. The van der Waals surface area contributed by atoms with Gasteiger partial charge in [0.15, 0.2) is 0 Å². The third kappa shape index (κ3) is 3.94. The third-order valence-corrected chi connectivity index (χ3v) is 6.81. The van der Waals surface area contributed by atoms with Gasteiger partial charge in [-0.05, 0) is 35.9 Å². The van der Waals surface area contributed by atoms with Crippen LogP contribution in [0.15, 0.2) is 58.3 Å². The summed E-state index contributed by atoms with van der Waals surface area (Å²) in [4.78, 5) is -0.439. The highest BCUT2D eigenvalue weighted by Crippen LogP contribution is 2.27. The minimum Gasteiger partial charge on any atom is -0.371 e. The van der Waals surface area contributed by atoms with Gasteiger partial charge in [0.2, 0.25) is 20.0 Å². The van der Waals surface area contributed by atoms with Gasteiger partial charge in [-0.15, -0.1) is 0 Å². The van der Waals surface area contributed by atoms with Crippen LogP contribution in [0.3, 0.4) is 0 Å². The van der Waals surface area contributed by atoms with Crippen LogP contribution in [-0.2, 0) is 24.8 Å². The van der Waals surface area contributed by atoms with Gasteiger partial charge in [-0.2, -0.15) is 4.31 Å². The average Bonchev–Trinajstić information content (AvgIpc) is 2.62. The number of halogens is 1. The Morgan fingerprint density at radius 3 is 2.35 bits per heavy atom. The summed E-state index contributed by atoms with van der Waals surface area (Å²) in [7, 11) is -7.95. The average molecular weight is 400 g/mol. The second kappa shape index (κ2) is 7.05. The normalized spacial score (nSPS) is 19.4. The Labute approximate surface area is 151 Å². The maximum Gasteiger partial charge on any atom is 0.243 e. The molecule has 0 spiro atoms. The number of nitrogens with zero attached hydrogens (tertiary/aromatic N) is 1. The molecule has 0 radical (unpaired) electrons. The minimum absolute atomic E-state index is 0.0353. The minimum atomic E-state index is -4.02. The maximum absolute atomic E-state index is 13.1. The van der Waals surface area contributed by atoms with E-state index in [1.165, 1.54) is 46.8 Å². The fraction of sp³-hybridized carbons (Fsp3) is 0.250. The molecule has 10 heteroatoms. The molecule has 140 valence electrons. The Morgan fingerprint density at radius 1 is 1.04 bits per heavy atom. The van der Waals surface area contributed by atoms with E-state index in [2.05, 4.69) is 0 Å². The van der Waals surface area contributed by atoms with Crippen molar-refractivity contribution < 1.29 is 26.0 Å². The van der Waals surface area contributed by atoms with Crippen molar-refractivity contribution in [2.24, 2.45) is 5.14 Å². The molecular weight excluding hydrogens is 383 g/mol. The summed E-state index contributed by atoms with van der Waals surface area (Å²) in [5, 5.41) is 5.07. The summed E-state index contributed by atoms with van der Waals surface area (Å²) in [5.41, 5.74) is 0.657. The van der Waals surface area contributed by atoms with Crippen molar-refractivity contribution in [1.82, 2.24) is 4.31 Å². The number of benzene rings is 2. The molecule has 0 unspecified atom stereocenters. The number of sulfonamides is 2. The smallest absolute Gasteiger partial charge is 0.243 e. The van der Waals surface area contributed by atoms with E-state index in [1.54, 1.807) is 0 Å². The van der Waals surface area contributed by atoms with Crippen LogP contribution in [0.2, 0.25) is 0 Å². The number of nitrogens with two attached hydrogens (primary N) is 1. The predicted octanol–water partition coefficient (Wildman–Crippen LogP) is 1.24. The summed E-state index contributed by atoms with van der Waals surface area (Å²) < 4.78 is 68.6. The Hall–Kier alpha value is -1.85. The van der Waals surface area contributed by atoms with E-state index in [0.29, 0.717) is 5.56 Å². The SMILES string of the molecule is NS(=O)(=O)c1cccc(S(=O)(=O)N2CCO[C@@H](c3ccc(F)cc3)C2)c1. The number of ether oxygens (including phenoxy) is 1. The first-order valence-corrected chi connectivity index (χ1v) is 10.7. The molecule has 0 saturated carbocycles. The topological polar surface area (TPSA) is 107 Å². The van der Waals surface area contributed by atoms with E-state index >= 15 is 0 Å². The molecule has 2 aromatic rings. The highest BCUT2D eigenvalue weighted by atomic mass is 32.2. The van der Waals surface area contributed by atoms with Gasteiger partial charge in [0.1, 0.15) is 5.82 Å². The molecule has 7 nitrogen and oxygen atoms in total. The van der Waals surface area contributed by atoms with Crippen LogP contribution in [0.1, 0.15) is 11.7 Å². The zero-order valence-electron chi connectivity index (χ0n) is 13.6. The van der Waals surface area contributed by atoms with Crippen LogP contribution in [0.5, 0.6) is 0 Å². The van der Waals surface area contributed by atoms with Gasteiger partial charge in [-0.25, -0.2) is 26.4 Å². The molecule has 0 bridgehead atoms. The summed E-state index contributed by atoms with van der Waals surface area (Å²) >= 11 is 0. The van der Waals surface area contributed by atoms with Crippen molar-refractivity contribution in [3.05, 3.63) is 59.9 Å². The number of primary sulfonamides is 1. The van der Waals surface area contributed by atoms with Crippen LogP contribution in [0.4, 0.5) is 4.39 Å². The monoisotopic (exact) mass is 400 g/mol. The van der Waals surface area contributed by atoms with Crippen LogP contribution in [0, 0.1) is 5.82 Å². The molecule has 0 aromatic heterocycles. The Bertz CT molecular complexity index is 1010. The molecule has 2 N–H and O–H groups in total. The number of rotatable bonds is 4. The lowest BCUT2D eigenvalue weighted by Gasteiger charge is -2.32. The quantitative estimate of drug-likeness (QED) is 0.831. The first kappa shape index (κ1) is 18.9. The van der Waals surface area contributed by atoms with Crippen molar-refractivity contribution >= 4 is 20.0 Å². The van der Waals surface area contributed by atoms with Gasteiger partial charge in [-0.3, -0.25) is 0 Å². The summed E-state index contributed by atoms with van der Waals surface area (Å²) in [6.07, 6.45) is -0.541. The van der Waals surface area contributed by atoms with Crippen molar-refractivity contribution in [1.29, 1.82) is 0 Å². The van der Waals surface area contributed by atoms with E-state index in [4.69, 9.17) is 9.88 Å². The molecule has 1 aliphatic rings. The molecule has 0 aliphatic carbocycles. The van der Waals surface area contributed by atoms with Gasteiger partial charge in [0.25, 0.3) is 0 Å². The van der Waals surface area contributed by atoms with Gasteiger partial charge in [0, 0.05) is 13.1 Å². The lowest BCUT2D eigenvalue weighted by Crippen LogP contribution is -2.42. The Kier molecular flexibility index (Phi) is 5.13. The fourth-order valence-electron chi connectivity index (χ4n) is 2.68. The van der Waals surface area contributed by atoms with Gasteiger partial charge < -0.3 is 4.74 Å². The van der Waals surface area contributed by atoms with E-state index in [1.807, 2.05) is 0 Å². The van der Waals surface area contributed by atoms with Crippen molar-refractivity contribution in [3.8, 4) is 0 Å². The van der Waals surface area contributed by atoms with E-state index in [9.17, 15) is 21.2 Å². The van der Waals surface area contributed by atoms with Crippen molar-refractivity contribution in [2.75, 3.05) is 19.7 Å². The molecule has 26 heavy (non-hydrogen) atoms. The molecule has 2 aromatic carbocycles. The Morgan fingerprint density at radius 2 is 1.69 bits per heavy atom. The van der Waals surface area contributed by atoms with Gasteiger partial charge in [0.05, 0.1) is 22.5 Å². The standard InChI is InChI=1S/C16H17FN2O5S2/c17-13-6-4-12(5-7-13)16-11-19(8-9-24-16)26(22,23)15-3-1-2-14(10-15)25(18,20)21/h1-7,10,16H,8-9,11H2,(H2,18,20,21)/t16-/m1/s1. The van der Waals surface area contributed by atoms with E-state index < -0.39 is 32.0 Å². The van der Waals surface area contributed by atoms with E-state index in [-0.39, 0.29) is 29.5 Å². The molecule has 3 rings (SSSR count). The number of hydrogen-bond acceptors (Lipinski definition) is 5. The van der Waals surface area contributed by atoms with Crippen LogP contribution in [0.25, 0.3) is 0 Å². The zero-order chi connectivity index (χ0) is 18.9. The summed E-state index contributed by atoms with van der Waals surface area (Å²) in [6, 6.07) is 10.5. The molecule has 1 atom stereocenters. The lowest BCUT2D eigenvalue weighted by atomic mass is 10.1. The maximum atomic E-state index is 13.1. The first-order chi connectivity index (χ1) is 12.2. The Balaban J connectivity index is 1.88. The largest absolute Gasteiger partial charge is 0.371 e. The molecule has 0 amide bonds. The first-order valence-electron chi connectivity index (χ1n) is 7.68. The van der Waals surface area contributed by atoms with Crippen molar-refractivity contribution in [2.45, 2.75) is 15.9 Å². The second-order valence-corrected chi connectivity index (χ2v) is 9.29. The van der Waals surface area contributed by atoms with Crippen LogP contribution >= 0.6 is 0 Å². The zero-order valence-corrected chi connectivity index (χ0v) is 15.2. The molecule has 1 aliphatic heterocycles. The van der Waals surface area contributed by atoms with Gasteiger partial charge >= 0.3 is 0 Å². The van der Waals surface area contributed by atoms with E-state index in [0.717, 1.165) is 6.07 Å². The molecular formula is C16H17FN2O5S2. The summed E-state index contributed by atoms with van der Waals surface area (Å²) in [5.74, 6) is -0.395. The fourth-order valence-corrected chi connectivity index (χ4v) is 4.79. The third-order valence-electron chi connectivity index (χ3n) is 4.04. The molecule has 1 heterocycles. The number of morpholine rings is 1. The van der Waals surface area contributed by atoms with Crippen LogP contribution in [-0.4, -0.2) is 40.8 Å². The van der Waals surface area contributed by atoms with Gasteiger partial charge in [-0.1, -0.05) is 18.2 Å². The molecule has 1 saturated heterocycles. The molecule has 1 fully saturated rings. The highest BCUT2D eigenvalue weighted by molar-refractivity contribution is 7.90. The highest BCUT2D eigenvalue weighted by Gasteiger charge is 2.32. The number of hydrogen-bond donors (Lipinski definition) is 1. The second-order valence-electron chi connectivity index (χ2n) is 5.79.